The van der Waals surface area contributed by atoms with E-state index >= 15 is 0 Å². The normalized spacial score (nSPS) is 11.5. The van der Waals surface area contributed by atoms with Crippen LogP contribution in [0.3, 0.4) is 0 Å². The Bertz CT molecular complexity index is 1500. The third kappa shape index (κ3) is 9.38. The molecule has 0 saturated carbocycles. The Morgan fingerprint density at radius 1 is 0.591 bits per heavy atom. The molecule has 0 spiro atoms. The summed E-state index contributed by atoms with van der Waals surface area (Å²) in [5.41, 5.74) is 9.01. The van der Waals surface area contributed by atoms with Gasteiger partial charge < -0.3 is 19.5 Å². The molecule has 0 saturated heterocycles. The Morgan fingerprint density at radius 2 is 0.977 bits per heavy atom. The van der Waals surface area contributed by atoms with E-state index in [4.69, 9.17) is 8.83 Å². The highest BCUT2D eigenvalue weighted by atomic mass is 16.3. The third-order valence-electron chi connectivity index (χ3n) is 6.37. The molecule has 4 amide bonds. The van der Waals surface area contributed by atoms with Gasteiger partial charge in [0, 0.05) is 24.2 Å². The van der Waals surface area contributed by atoms with Gasteiger partial charge in [-0.3, -0.25) is 19.2 Å². The first-order valence-corrected chi connectivity index (χ1v) is 13.9. The lowest BCUT2D eigenvalue weighted by atomic mass is 10.1. The number of carbonyl (C=O) groups is 4. The molecule has 44 heavy (non-hydrogen) atoms. The number of hydrogen-bond acceptors (Lipinski definition) is 8. The Labute approximate surface area is 253 Å². The molecule has 2 aromatic carbocycles. The number of furan rings is 2. The largest absolute Gasteiger partial charge is 0.459 e. The second-order valence-electron chi connectivity index (χ2n) is 9.69. The number of amides is 4. The van der Waals surface area contributed by atoms with Crippen molar-refractivity contribution in [3.05, 3.63) is 108 Å². The molecule has 2 aromatic heterocycles. The summed E-state index contributed by atoms with van der Waals surface area (Å²) >= 11 is 0. The molecule has 4 aromatic rings. The summed E-state index contributed by atoms with van der Waals surface area (Å²) in [6, 6.07) is 20.5. The van der Waals surface area contributed by atoms with E-state index in [-0.39, 0.29) is 48.0 Å². The second kappa shape index (κ2) is 15.4. The highest BCUT2D eigenvalue weighted by Gasteiger charge is 2.10. The van der Waals surface area contributed by atoms with E-state index in [1.807, 2.05) is 0 Å². The molecule has 0 aliphatic rings. The van der Waals surface area contributed by atoms with Gasteiger partial charge in [-0.15, -0.1) is 0 Å². The van der Waals surface area contributed by atoms with Crippen molar-refractivity contribution >= 4 is 46.4 Å². The highest BCUT2D eigenvalue weighted by molar-refractivity contribution is 6.04. The zero-order chi connectivity index (χ0) is 31.3. The monoisotopic (exact) mass is 596 g/mol. The summed E-state index contributed by atoms with van der Waals surface area (Å²) in [5.74, 6) is -0.785. The number of benzene rings is 2. The number of hydrazone groups is 2. The van der Waals surface area contributed by atoms with E-state index in [1.54, 1.807) is 86.6 Å². The summed E-state index contributed by atoms with van der Waals surface area (Å²) < 4.78 is 10.2. The molecule has 0 aliphatic heterocycles. The maximum Gasteiger partial charge on any atom is 0.291 e. The van der Waals surface area contributed by atoms with Crippen molar-refractivity contribution < 1.29 is 28.0 Å². The van der Waals surface area contributed by atoms with Gasteiger partial charge in [0.15, 0.2) is 11.5 Å². The average molecular weight is 597 g/mol. The summed E-state index contributed by atoms with van der Waals surface area (Å²) in [5, 5.41) is 13.8. The molecule has 0 unspecified atom stereocenters. The van der Waals surface area contributed by atoms with Crippen molar-refractivity contribution in [2.75, 3.05) is 10.6 Å². The van der Waals surface area contributed by atoms with Gasteiger partial charge in [0.25, 0.3) is 11.8 Å². The summed E-state index contributed by atoms with van der Waals surface area (Å²) in [7, 11) is 0. The van der Waals surface area contributed by atoms with Crippen molar-refractivity contribution in [3.8, 4) is 0 Å². The molecule has 12 nitrogen and oxygen atoms in total. The molecule has 0 fully saturated rings. The van der Waals surface area contributed by atoms with Crippen LogP contribution in [0.2, 0.25) is 0 Å². The third-order valence-corrected chi connectivity index (χ3v) is 6.37. The summed E-state index contributed by atoms with van der Waals surface area (Å²) in [6.07, 6.45) is 4.30. The maximum atomic E-state index is 12.2. The zero-order valence-electron chi connectivity index (χ0n) is 24.3. The van der Waals surface area contributed by atoms with Crippen LogP contribution in [0.15, 0.2) is 104 Å². The molecule has 2 heterocycles. The summed E-state index contributed by atoms with van der Waals surface area (Å²) in [4.78, 5) is 48.6. The van der Waals surface area contributed by atoms with Crippen LogP contribution >= 0.6 is 0 Å². The van der Waals surface area contributed by atoms with E-state index in [9.17, 15) is 19.2 Å². The van der Waals surface area contributed by atoms with Crippen LogP contribution in [0.5, 0.6) is 0 Å². The van der Waals surface area contributed by atoms with Crippen molar-refractivity contribution in [2.45, 2.75) is 39.5 Å². The first kappa shape index (κ1) is 31.2. The molecule has 4 N–H and O–H groups in total. The van der Waals surface area contributed by atoms with Gasteiger partial charge in [0.05, 0.1) is 23.9 Å². The van der Waals surface area contributed by atoms with Crippen LogP contribution < -0.4 is 21.5 Å². The van der Waals surface area contributed by atoms with Crippen LogP contribution in [0.1, 0.15) is 71.8 Å². The molecular formula is C32H32N6O6. The predicted molar refractivity (Wildman–Crippen MR) is 165 cm³/mol. The molecule has 12 heteroatoms. The fourth-order valence-corrected chi connectivity index (χ4v) is 3.89. The maximum absolute atomic E-state index is 12.2. The minimum Gasteiger partial charge on any atom is -0.459 e. The summed E-state index contributed by atoms with van der Waals surface area (Å²) in [6.45, 7) is 3.52. The van der Waals surface area contributed by atoms with Crippen LogP contribution in [0, 0.1) is 0 Å². The highest BCUT2D eigenvalue weighted by Crippen LogP contribution is 2.14. The van der Waals surface area contributed by atoms with Crippen molar-refractivity contribution in [2.24, 2.45) is 10.2 Å². The van der Waals surface area contributed by atoms with Crippen molar-refractivity contribution in [3.63, 3.8) is 0 Å². The number of hydrogen-bond donors (Lipinski definition) is 4. The Morgan fingerprint density at radius 3 is 1.32 bits per heavy atom. The quantitative estimate of drug-likeness (QED) is 0.0926. The van der Waals surface area contributed by atoms with Gasteiger partial charge >= 0.3 is 0 Å². The van der Waals surface area contributed by atoms with E-state index in [0.717, 1.165) is 11.1 Å². The topological polar surface area (TPSA) is 167 Å². The van der Waals surface area contributed by atoms with Gasteiger partial charge in [-0.25, -0.2) is 10.9 Å². The van der Waals surface area contributed by atoms with Gasteiger partial charge in [0.2, 0.25) is 11.8 Å². The number of carbonyl (C=O) groups excluding carboxylic acids is 4. The number of nitrogens with zero attached hydrogens (tertiary/aromatic N) is 2. The van der Waals surface area contributed by atoms with Crippen molar-refractivity contribution in [1.29, 1.82) is 0 Å². The SMILES string of the molecule is C/C(=N\NC(=O)CCCCC(=O)N/N=C(\C)c1ccc(NC(=O)c2ccco2)cc1)c1ccc(NC(=O)c2ccco2)cc1. The van der Waals surface area contributed by atoms with Gasteiger partial charge in [0.1, 0.15) is 0 Å². The number of nitrogens with one attached hydrogen (secondary N) is 4. The first-order chi connectivity index (χ1) is 21.3. The van der Waals surface area contributed by atoms with Crippen LogP contribution in [0.25, 0.3) is 0 Å². The van der Waals surface area contributed by atoms with Gasteiger partial charge in [-0.1, -0.05) is 24.3 Å². The number of unbranched alkanes of at least 4 members (excludes halogenated alkanes) is 1. The minimum absolute atomic E-state index is 0.215. The lowest BCUT2D eigenvalue weighted by Crippen LogP contribution is -2.20. The lowest BCUT2D eigenvalue weighted by Gasteiger charge is -2.06. The molecule has 0 atom stereocenters. The Hall–Kier alpha value is -5.78. The second-order valence-corrected chi connectivity index (χ2v) is 9.69. The lowest BCUT2D eigenvalue weighted by molar-refractivity contribution is -0.123. The number of rotatable bonds is 13. The smallest absolute Gasteiger partial charge is 0.291 e. The minimum atomic E-state index is -0.349. The average Bonchev–Trinajstić information content (AvgIpc) is 3.77. The van der Waals surface area contributed by atoms with E-state index in [0.29, 0.717) is 35.6 Å². The molecule has 4 rings (SSSR count). The predicted octanol–water partition coefficient (Wildman–Crippen LogP) is 5.32. The van der Waals surface area contributed by atoms with E-state index < -0.39 is 0 Å². The first-order valence-electron chi connectivity index (χ1n) is 13.9. The Kier molecular flexibility index (Phi) is 10.9. The fraction of sp³-hybridized carbons (Fsp3) is 0.188. The van der Waals surface area contributed by atoms with Crippen molar-refractivity contribution in [1.82, 2.24) is 10.9 Å². The zero-order valence-corrected chi connectivity index (χ0v) is 24.3. The van der Waals surface area contributed by atoms with Gasteiger partial charge in [-0.2, -0.15) is 10.2 Å². The standard InChI is InChI=1S/C32H32N6O6/c1-21(23-11-15-25(16-12-23)33-31(41)27-7-5-19-43-27)35-37-29(39)9-3-4-10-30(40)38-36-22(2)24-13-17-26(18-14-24)34-32(42)28-8-6-20-44-28/h5-8,11-20H,3-4,9-10H2,1-2H3,(H,33,41)(H,34,42)(H,37,39)(H,38,40)/b35-21+,36-22+. The molecule has 0 bridgehead atoms. The van der Waals surface area contributed by atoms with Crippen LogP contribution in [-0.2, 0) is 9.59 Å². The molecule has 0 radical (unpaired) electrons. The number of anilines is 2. The molecular weight excluding hydrogens is 564 g/mol. The van der Waals surface area contributed by atoms with E-state index in [2.05, 4.69) is 31.7 Å². The van der Waals surface area contributed by atoms with Gasteiger partial charge in [-0.05, 0) is 86.3 Å². The van der Waals surface area contributed by atoms with Crippen LogP contribution in [-0.4, -0.2) is 35.1 Å². The van der Waals surface area contributed by atoms with Crippen LogP contribution in [0.4, 0.5) is 11.4 Å². The fourth-order valence-electron chi connectivity index (χ4n) is 3.89. The van der Waals surface area contributed by atoms with E-state index in [1.165, 1.54) is 12.5 Å². The Balaban J connectivity index is 1.12. The molecule has 226 valence electrons. The molecule has 0 aliphatic carbocycles.